The second kappa shape index (κ2) is 5.25. The summed E-state index contributed by atoms with van der Waals surface area (Å²) in [6.45, 7) is 6.71. The van der Waals surface area contributed by atoms with E-state index in [-0.39, 0.29) is 0 Å². The highest BCUT2D eigenvalue weighted by molar-refractivity contribution is 4.96. The molecule has 3 aliphatic rings. The summed E-state index contributed by atoms with van der Waals surface area (Å²) in [5.74, 6) is 0.974. The van der Waals surface area contributed by atoms with Crippen molar-refractivity contribution in [3.8, 4) is 0 Å². The smallest absolute Gasteiger partial charge is 0.0622 e. The van der Waals surface area contributed by atoms with Crippen LogP contribution in [-0.2, 0) is 4.74 Å². The summed E-state index contributed by atoms with van der Waals surface area (Å²) in [5.41, 5.74) is 0. The summed E-state index contributed by atoms with van der Waals surface area (Å²) in [6.07, 6.45) is 6.78. The van der Waals surface area contributed by atoms with Gasteiger partial charge in [0.2, 0.25) is 0 Å². The van der Waals surface area contributed by atoms with E-state index in [1.54, 1.807) is 0 Å². The van der Waals surface area contributed by atoms with Crippen molar-refractivity contribution in [2.75, 3.05) is 26.3 Å². The molecule has 17 heavy (non-hydrogen) atoms. The zero-order valence-electron chi connectivity index (χ0n) is 11.0. The van der Waals surface area contributed by atoms with Crippen molar-refractivity contribution < 1.29 is 4.74 Å². The first-order valence-electron chi connectivity index (χ1n) is 7.45. The van der Waals surface area contributed by atoms with Crippen LogP contribution in [0.1, 0.15) is 39.0 Å². The van der Waals surface area contributed by atoms with Gasteiger partial charge in [-0.3, -0.25) is 4.90 Å². The van der Waals surface area contributed by atoms with Crippen LogP contribution in [0.5, 0.6) is 0 Å². The van der Waals surface area contributed by atoms with E-state index >= 15 is 0 Å². The number of nitrogens with one attached hydrogen (secondary N) is 1. The first kappa shape index (κ1) is 11.9. The number of hydrogen-bond donors (Lipinski definition) is 1. The topological polar surface area (TPSA) is 24.5 Å². The molecular formula is C14H26N2O. The lowest BCUT2D eigenvalue weighted by Crippen LogP contribution is -2.60. The van der Waals surface area contributed by atoms with Gasteiger partial charge in [-0.2, -0.15) is 0 Å². The Hall–Kier alpha value is -0.120. The van der Waals surface area contributed by atoms with E-state index in [9.17, 15) is 0 Å². The third-order valence-electron chi connectivity index (χ3n) is 4.68. The molecule has 0 aromatic rings. The lowest BCUT2D eigenvalue weighted by atomic mass is 9.99. The van der Waals surface area contributed by atoms with Gasteiger partial charge in [0.05, 0.1) is 6.61 Å². The molecule has 3 rings (SSSR count). The standard InChI is InChI=1S/C14H26N2O/c1-2-3-12-8-15-14(11-4-5-11)9-16(12)13-6-7-17-10-13/h11-15H,2-10H2,1H3. The summed E-state index contributed by atoms with van der Waals surface area (Å²) >= 11 is 0. The number of piperazine rings is 1. The maximum Gasteiger partial charge on any atom is 0.0622 e. The van der Waals surface area contributed by atoms with Crippen molar-refractivity contribution >= 4 is 0 Å². The molecule has 0 aromatic carbocycles. The molecule has 2 aliphatic heterocycles. The van der Waals surface area contributed by atoms with Crippen LogP contribution in [0.2, 0.25) is 0 Å². The number of nitrogens with zero attached hydrogens (tertiary/aromatic N) is 1. The zero-order valence-corrected chi connectivity index (χ0v) is 11.0. The molecule has 3 nitrogen and oxygen atoms in total. The minimum atomic E-state index is 0.704. The molecule has 98 valence electrons. The van der Waals surface area contributed by atoms with Crippen LogP contribution in [0.4, 0.5) is 0 Å². The predicted molar refractivity (Wildman–Crippen MR) is 69.1 cm³/mol. The van der Waals surface area contributed by atoms with Crippen LogP contribution >= 0.6 is 0 Å². The van der Waals surface area contributed by atoms with Crippen molar-refractivity contribution in [3.05, 3.63) is 0 Å². The van der Waals surface area contributed by atoms with E-state index in [1.165, 1.54) is 45.2 Å². The zero-order chi connectivity index (χ0) is 11.7. The normalized spacial score (nSPS) is 39.7. The number of rotatable bonds is 4. The van der Waals surface area contributed by atoms with E-state index in [4.69, 9.17) is 4.74 Å². The maximum absolute atomic E-state index is 5.59. The van der Waals surface area contributed by atoms with E-state index < -0.39 is 0 Å². The van der Waals surface area contributed by atoms with E-state index in [1.807, 2.05) is 0 Å². The van der Waals surface area contributed by atoms with E-state index in [0.717, 1.165) is 31.2 Å². The molecule has 0 radical (unpaired) electrons. The van der Waals surface area contributed by atoms with Crippen LogP contribution in [0.15, 0.2) is 0 Å². The Labute approximate surface area is 105 Å². The van der Waals surface area contributed by atoms with Gasteiger partial charge >= 0.3 is 0 Å². The van der Waals surface area contributed by atoms with Gasteiger partial charge < -0.3 is 10.1 Å². The van der Waals surface area contributed by atoms with Gasteiger partial charge in [-0.25, -0.2) is 0 Å². The highest BCUT2D eigenvalue weighted by Gasteiger charge is 2.39. The van der Waals surface area contributed by atoms with Crippen molar-refractivity contribution in [1.82, 2.24) is 10.2 Å². The summed E-state index contributed by atoms with van der Waals surface area (Å²) in [7, 11) is 0. The molecule has 0 bridgehead atoms. The highest BCUT2D eigenvalue weighted by Crippen LogP contribution is 2.35. The molecular weight excluding hydrogens is 212 g/mol. The van der Waals surface area contributed by atoms with Crippen molar-refractivity contribution in [1.29, 1.82) is 0 Å². The largest absolute Gasteiger partial charge is 0.380 e. The van der Waals surface area contributed by atoms with Crippen molar-refractivity contribution in [2.45, 2.75) is 57.2 Å². The summed E-state index contributed by atoms with van der Waals surface area (Å²) in [6, 6.07) is 2.22. The maximum atomic E-state index is 5.59. The van der Waals surface area contributed by atoms with Gasteiger partial charge in [0, 0.05) is 37.8 Å². The second-order valence-corrected chi connectivity index (χ2v) is 6.01. The predicted octanol–water partition coefficient (Wildman–Crippen LogP) is 1.63. The molecule has 3 fully saturated rings. The quantitative estimate of drug-likeness (QED) is 0.805. The summed E-state index contributed by atoms with van der Waals surface area (Å²) < 4.78 is 5.59. The van der Waals surface area contributed by atoms with Gasteiger partial charge in [0.1, 0.15) is 0 Å². The van der Waals surface area contributed by atoms with E-state index in [2.05, 4.69) is 17.1 Å². The van der Waals surface area contributed by atoms with Gasteiger partial charge in [0.25, 0.3) is 0 Å². The van der Waals surface area contributed by atoms with Crippen LogP contribution in [0, 0.1) is 5.92 Å². The Bertz CT molecular complexity index is 249. The first-order chi connectivity index (χ1) is 8.38. The fourth-order valence-corrected chi connectivity index (χ4v) is 3.49. The molecule has 1 N–H and O–H groups in total. The monoisotopic (exact) mass is 238 g/mol. The first-order valence-corrected chi connectivity index (χ1v) is 7.45. The number of ether oxygens (including phenoxy) is 1. The molecule has 2 saturated heterocycles. The molecule has 1 saturated carbocycles. The molecule has 3 unspecified atom stereocenters. The van der Waals surface area contributed by atoms with Crippen LogP contribution in [0.3, 0.4) is 0 Å². The average molecular weight is 238 g/mol. The summed E-state index contributed by atoms with van der Waals surface area (Å²) in [5, 5.41) is 3.79. The molecule has 3 heteroatoms. The Morgan fingerprint density at radius 3 is 2.82 bits per heavy atom. The minimum Gasteiger partial charge on any atom is -0.380 e. The van der Waals surface area contributed by atoms with E-state index in [0.29, 0.717) is 6.04 Å². The Morgan fingerprint density at radius 1 is 1.29 bits per heavy atom. The van der Waals surface area contributed by atoms with Crippen molar-refractivity contribution in [2.24, 2.45) is 5.92 Å². The minimum absolute atomic E-state index is 0.704. The highest BCUT2D eigenvalue weighted by atomic mass is 16.5. The summed E-state index contributed by atoms with van der Waals surface area (Å²) in [4.78, 5) is 2.77. The van der Waals surface area contributed by atoms with Gasteiger partial charge in [-0.15, -0.1) is 0 Å². The van der Waals surface area contributed by atoms with Gasteiger partial charge in [-0.05, 0) is 31.6 Å². The Morgan fingerprint density at radius 2 is 2.18 bits per heavy atom. The van der Waals surface area contributed by atoms with Crippen LogP contribution in [0.25, 0.3) is 0 Å². The fourth-order valence-electron chi connectivity index (χ4n) is 3.49. The molecule has 3 atom stereocenters. The molecule has 1 aliphatic carbocycles. The SMILES string of the molecule is CCCC1CNC(C2CC2)CN1C1CCOC1. The molecule has 2 heterocycles. The third-order valence-corrected chi connectivity index (χ3v) is 4.68. The molecule has 0 aromatic heterocycles. The Kier molecular flexibility index (Phi) is 3.69. The van der Waals surface area contributed by atoms with Crippen molar-refractivity contribution in [3.63, 3.8) is 0 Å². The average Bonchev–Trinajstić information content (AvgIpc) is 3.06. The van der Waals surface area contributed by atoms with Gasteiger partial charge in [-0.1, -0.05) is 13.3 Å². The third kappa shape index (κ3) is 2.67. The fraction of sp³-hybridized carbons (Fsp3) is 1.00. The Balaban J connectivity index is 1.63. The second-order valence-electron chi connectivity index (χ2n) is 6.01. The number of hydrogen-bond acceptors (Lipinski definition) is 3. The van der Waals surface area contributed by atoms with Crippen LogP contribution < -0.4 is 5.32 Å². The lowest BCUT2D eigenvalue weighted by Gasteiger charge is -2.43. The lowest BCUT2D eigenvalue weighted by molar-refractivity contribution is 0.0609. The van der Waals surface area contributed by atoms with Crippen LogP contribution in [-0.4, -0.2) is 49.3 Å². The molecule has 0 amide bonds. The molecule has 0 spiro atoms. The van der Waals surface area contributed by atoms with Gasteiger partial charge in [0.15, 0.2) is 0 Å².